The molecule has 0 aliphatic carbocycles. The van der Waals surface area contributed by atoms with Crippen molar-refractivity contribution in [3.63, 3.8) is 0 Å². The Morgan fingerprint density at radius 1 is 1.00 bits per heavy atom. The van der Waals surface area contributed by atoms with Crippen LogP contribution in [0.2, 0.25) is 0 Å². The van der Waals surface area contributed by atoms with Gasteiger partial charge < -0.3 is 21.3 Å². The summed E-state index contributed by atoms with van der Waals surface area (Å²) in [6, 6.07) is 10.8. The molecule has 162 valence electrons. The van der Waals surface area contributed by atoms with Crippen molar-refractivity contribution in [2.45, 2.75) is 31.6 Å². The Kier molecular flexibility index (Phi) is 5.19. The molecule has 1 aromatic carbocycles. The molecule has 32 heavy (non-hydrogen) atoms. The number of nitrogen functional groups attached to an aromatic ring is 2. The molecule has 1 saturated heterocycles. The highest BCUT2D eigenvalue weighted by Gasteiger charge is 2.27. The first-order valence-corrected chi connectivity index (χ1v) is 10.9. The molecule has 1 fully saturated rings. The number of hydrogen-bond donors (Lipinski definition) is 2. The van der Waals surface area contributed by atoms with Crippen LogP contribution >= 0.6 is 0 Å². The summed E-state index contributed by atoms with van der Waals surface area (Å²) in [5.74, 6) is 2.49. The summed E-state index contributed by atoms with van der Waals surface area (Å²) >= 11 is 0. The highest BCUT2D eigenvalue weighted by atomic mass is 15.2. The van der Waals surface area contributed by atoms with Crippen LogP contribution in [0.4, 0.5) is 29.0 Å². The van der Waals surface area contributed by atoms with Gasteiger partial charge in [-0.1, -0.05) is 12.1 Å². The van der Waals surface area contributed by atoms with Crippen molar-refractivity contribution < 1.29 is 0 Å². The third kappa shape index (κ3) is 3.64. The van der Waals surface area contributed by atoms with Crippen molar-refractivity contribution in [1.29, 1.82) is 5.26 Å². The second-order valence-electron chi connectivity index (χ2n) is 8.30. The number of piperidine rings is 1. The Morgan fingerprint density at radius 3 is 2.72 bits per heavy atom. The normalized spacial score (nSPS) is 18.2. The molecule has 3 aromatic rings. The molecule has 4 heterocycles. The molecule has 0 radical (unpaired) electrons. The predicted octanol–water partition coefficient (Wildman–Crippen LogP) is 2.77. The van der Waals surface area contributed by atoms with Gasteiger partial charge in [0.15, 0.2) is 5.82 Å². The molecule has 0 bridgehead atoms. The SMILES string of the molecule is N#Cc1c(N)ncnc1N1CCCC(c2ccc3c(c2)N(c2cc(N)ncn2)CCC3)C1. The van der Waals surface area contributed by atoms with E-state index in [0.29, 0.717) is 23.1 Å². The van der Waals surface area contributed by atoms with Gasteiger partial charge in [0, 0.05) is 37.3 Å². The van der Waals surface area contributed by atoms with Crippen molar-refractivity contribution >= 4 is 29.0 Å². The zero-order valence-corrected chi connectivity index (χ0v) is 17.8. The fourth-order valence-corrected chi connectivity index (χ4v) is 4.77. The molecule has 2 aromatic heterocycles. The van der Waals surface area contributed by atoms with Gasteiger partial charge in [0.05, 0.1) is 0 Å². The number of rotatable bonds is 3. The molecular formula is C23H25N9. The van der Waals surface area contributed by atoms with Gasteiger partial charge in [0.1, 0.15) is 41.7 Å². The third-order valence-electron chi connectivity index (χ3n) is 6.34. The van der Waals surface area contributed by atoms with Gasteiger partial charge in [-0.2, -0.15) is 5.26 Å². The number of fused-ring (bicyclic) bond motifs is 1. The summed E-state index contributed by atoms with van der Waals surface area (Å²) in [4.78, 5) is 21.2. The molecule has 0 amide bonds. The average molecular weight is 428 g/mol. The smallest absolute Gasteiger partial charge is 0.152 e. The Labute approximate surface area is 186 Å². The van der Waals surface area contributed by atoms with Crippen LogP contribution in [0.1, 0.15) is 41.9 Å². The fourth-order valence-electron chi connectivity index (χ4n) is 4.77. The maximum absolute atomic E-state index is 9.54. The number of hydrogen-bond acceptors (Lipinski definition) is 9. The van der Waals surface area contributed by atoms with E-state index >= 15 is 0 Å². The van der Waals surface area contributed by atoms with Gasteiger partial charge in [-0.25, -0.2) is 19.9 Å². The minimum absolute atomic E-state index is 0.230. The molecule has 2 aliphatic heterocycles. The van der Waals surface area contributed by atoms with Gasteiger partial charge in [0.25, 0.3) is 0 Å². The zero-order valence-electron chi connectivity index (χ0n) is 17.8. The van der Waals surface area contributed by atoms with Crippen LogP contribution < -0.4 is 21.3 Å². The number of benzene rings is 1. The number of nitrogens with two attached hydrogens (primary N) is 2. The van der Waals surface area contributed by atoms with Crippen molar-refractivity contribution in [3.8, 4) is 6.07 Å². The first kappa shape index (κ1) is 20.0. The summed E-state index contributed by atoms with van der Waals surface area (Å²) in [6.07, 6.45) is 7.16. The van der Waals surface area contributed by atoms with E-state index in [1.54, 1.807) is 0 Å². The Balaban J connectivity index is 1.45. The average Bonchev–Trinajstić information content (AvgIpc) is 2.83. The van der Waals surface area contributed by atoms with Crippen molar-refractivity contribution in [1.82, 2.24) is 19.9 Å². The molecule has 9 nitrogen and oxygen atoms in total. The van der Waals surface area contributed by atoms with E-state index in [1.807, 2.05) is 6.07 Å². The Hall–Kier alpha value is -3.93. The van der Waals surface area contributed by atoms with Gasteiger partial charge >= 0.3 is 0 Å². The monoisotopic (exact) mass is 427 g/mol. The van der Waals surface area contributed by atoms with Crippen LogP contribution in [0.15, 0.2) is 36.9 Å². The van der Waals surface area contributed by atoms with Gasteiger partial charge in [0.2, 0.25) is 0 Å². The topological polar surface area (TPSA) is 134 Å². The van der Waals surface area contributed by atoms with Gasteiger partial charge in [-0.15, -0.1) is 0 Å². The highest BCUT2D eigenvalue weighted by molar-refractivity contribution is 5.68. The zero-order chi connectivity index (χ0) is 22.1. The second kappa shape index (κ2) is 8.30. The molecule has 2 aliphatic rings. The maximum Gasteiger partial charge on any atom is 0.152 e. The lowest BCUT2D eigenvalue weighted by Crippen LogP contribution is -2.36. The van der Waals surface area contributed by atoms with Crippen LogP contribution in [-0.4, -0.2) is 39.6 Å². The summed E-state index contributed by atoms with van der Waals surface area (Å²) in [5, 5.41) is 9.54. The first-order chi connectivity index (χ1) is 15.6. The Morgan fingerprint density at radius 2 is 1.88 bits per heavy atom. The van der Waals surface area contributed by atoms with E-state index in [9.17, 15) is 5.26 Å². The Bertz CT molecular complexity index is 1190. The second-order valence-corrected chi connectivity index (χ2v) is 8.30. The number of nitriles is 1. The molecule has 4 N–H and O–H groups in total. The molecular weight excluding hydrogens is 402 g/mol. The van der Waals surface area contributed by atoms with E-state index < -0.39 is 0 Å². The van der Waals surface area contributed by atoms with Crippen LogP contribution in [0, 0.1) is 11.3 Å². The quantitative estimate of drug-likeness (QED) is 0.647. The molecule has 9 heteroatoms. The van der Waals surface area contributed by atoms with Gasteiger partial charge in [-0.05, 0) is 42.9 Å². The van der Waals surface area contributed by atoms with Crippen molar-refractivity contribution in [3.05, 3.63) is 53.6 Å². The molecule has 1 atom stereocenters. The van der Waals surface area contributed by atoms with E-state index in [0.717, 1.165) is 51.1 Å². The largest absolute Gasteiger partial charge is 0.384 e. The molecule has 5 rings (SSSR count). The number of nitrogens with zero attached hydrogens (tertiary/aromatic N) is 7. The van der Waals surface area contributed by atoms with E-state index in [4.69, 9.17) is 11.5 Å². The number of anilines is 5. The summed E-state index contributed by atoms with van der Waals surface area (Å²) in [7, 11) is 0. The number of aromatic nitrogens is 4. The van der Waals surface area contributed by atoms with Crippen molar-refractivity contribution in [2.24, 2.45) is 0 Å². The van der Waals surface area contributed by atoms with E-state index in [-0.39, 0.29) is 5.82 Å². The number of aryl methyl sites for hydroxylation is 1. The third-order valence-corrected chi connectivity index (χ3v) is 6.34. The fraction of sp³-hybridized carbons (Fsp3) is 0.348. The van der Waals surface area contributed by atoms with Crippen LogP contribution in [0.25, 0.3) is 0 Å². The van der Waals surface area contributed by atoms with Crippen LogP contribution in [0.3, 0.4) is 0 Å². The highest BCUT2D eigenvalue weighted by Crippen LogP contribution is 2.38. The summed E-state index contributed by atoms with van der Waals surface area (Å²) < 4.78 is 0. The minimum atomic E-state index is 0.230. The lowest BCUT2D eigenvalue weighted by atomic mass is 9.88. The molecule has 0 saturated carbocycles. The van der Waals surface area contributed by atoms with E-state index in [1.165, 1.54) is 29.5 Å². The van der Waals surface area contributed by atoms with Crippen LogP contribution in [-0.2, 0) is 6.42 Å². The molecule has 0 spiro atoms. The van der Waals surface area contributed by atoms with Crippen molar-refractivity contribution in [2.75, 3.05) is 40.9 Å². The predicted molar refractivity (Wildman–Crippen MR) is 124 cm³/mol. The van der Waals surface area contributed by atoms with E-state index in [2.05, 4.69) is 54.0 Å². The first-order valence-electron chi connectivity index (χ1n) is 10.9. The minimum Gasteiger partial charge on any atom is -0.384 e. The van der Waals surface area contributed by atoms with Crippen LogP contribution in [0.5, 0.6) is 0 Å². The summed E-state index contributed by atoms with van der Waals surface area (Å²) in [6.45, 7) is 2.53. The lowest BCUT2D eigenvalue weighted by molar-refractivity contribution is 0.506. The maximum atomic E-state index is 9.54. The lowest BCUT2D eigenvalue weighted by Gasteiger charge is -2.36. The summed E-state index contributed by atoms with van der Waals surface area (Å²) in [5.41, 5.74) is 16.0. The van der Waals surface area contributed by atoms with Gasteiger partial charge in [-0.3, -0.25) is 0 Å². The standard InChI is InChI=1S/C23H25N9/c24-11-18-22(26)29-14-30-23(18)31-7-1-4-17(12-31)16-6-5-15-3-2-8-32(19(15)9-16)21-10-20(25)27-13-28-21/h5-6,9-10,13-14,17H,1-4,7-8,12H2,(H2,25,27,28)(H2,26,29,30). The molecule has 1 unspecified atom stereocenters.